The summed E-state index contributed by atoms with van der Waals surface area (Å²) >= 11 is 0. The quantitative estimate of drug-likeness (QED) is 0.179. The van der Waals surface area contributed by atoms with Crippen LogP contribution in [0.1, 0.15) is 0 Å². The fourth-order valence-electron chi connectivity index (χ4n) is 8.26. The highest BCUT2D eigenvalue weighted by atomic mass is 15.2. The second-order valence-corrected chi connectivity index (χ2v) is 14.2. The molecule has 3 heteroatoms. The van der Waals surface area contributed by atoms with Gasteiger partial charge in [-0.05, 0) is 91.3 Å². The molecule has 2 aromatic heterocycles. The highest BCUT2D eigenvalue weighted by Gasteiger charge is 2.19. The molecule has 0 fully saturated rings. The van der Waals surface area contributed by atoms with Crippen LogP contribution in [0, 0.1) is 0 Å². The number of rotatable bonds is 5. The molecule has 0 aliphatic heterocycles. The Labute approximate surface area is 318 Å². The van der Waals surface area contributed by atoms with Crippen molar-refractivity contribution < 1.29 is 0 Å². The molecule has 0 bridgehead atoms. The van der Waals surface area contributed by atoms with E-state index >= 15 is 0 Å². The van der Waals surface area contributed by atoms with Gasteiger partial charge in [0.15, 0.2) is 0 Å². The Kier molecular flexibility index (Phi) is 7.17. The fourth-order valence-corrected chi connectivity index (χ4v) is 8.26. The maximum absolute atomic E-state index is 5.51. The van der Waals surface area contributed by atoms with Crippen LogP contribution >= 0.6 is 0 Å². The second kappa shape index (κ2) is 12.6. The lowest BCUT2D eigenvalue weighted by molar-refractivity contribution is 1.01. The smallest absolute Gasteiger partial charge is 0.235 e. The van der Waals surface area contributed by atoms with Gasteiger partial charge in [-0.3, -0.25) is 4.57 Å². The summed E-state index contributed by atoms with van der Waals surface area (Å²) in [6.45, 7) is 0. The van der Waals surface area contributed by atoms with Crippen molar-refractivity contribution in [2.45, 2.75) is 0 Å². The van der Waals surface area contributed by atoms with Crippen molar-refractivity contribution in [3.8, 4) is 50.6 Å². The Morgan fingerprint density at radius 3 is 1.62 bits per heavy atom. The van der Waals surface area contributed by atoms with Crippen LogP contribution in [0.5, 0.6) is 0 Å². The van der Waals surface area contributed by atoms with Gasteiger partial charge in [0.25, 0.3) is 0 Å². The van der Waals surface area contributed by atoms with Gasteiger partial charge >= 0.3 is 0 Å². The van der Waals surface area contributed by atoms with Crippen LogP contribution in [0.25, 0.3) is 105 Å². The van der Waals surface area contributed by atoms with E-state index in [9.17, 15) is 0 Å². The van der Waals surface area contributed by atoms with Crippen LogP contribution in [0.15, 0.2) is 200 Å². The number of nitrogens with zero attached hydrogens (tertiary/aromatic N) is 3. The van der Waals surface area contributed by atoms with Gasteiger partial charge in [-0.2, -0.15) is 0 Å². The molecule has 11 rings (SSSR count). The van der Waals surface area contributed by atoms with Gasteiger partial charge < -0.3 is 0 Å². The Balaban J connectivity index is 1.16. The van der Waals surface area contributed by atoms with Gasteiger partial charge in [0, 0.05) is 21.7 Å². The molecule has 0 saturated carbocycles. The first-order valence-corrected chi connectivity index (χ1v) is 18.7. The third-order valence-electron chi connectivity index (χ3n) is 11.0. The average Bonchev–Trinajstić information content (AvgIpc) is 3.58. The summed E-state index contributed by atoms with van der Waals surface area (Å²) < 4.78 is 2.25. The summed E-state index contributed by atoms with van der Waals surface area (Å²) in [6.07, 6.45) is 0. The molecule has 2 heterocycles. The van der Waals surface area contributed by atoms with E-state index in [1.54, 1.807) is 0 Å². The minimum absolute atomic E-state index is 0.649. The predicted molar refractivity (Wildman–Crippen MR) is 231 cm³/mol. The lowest BCUT2D eigenvalue weighted by Crippen LogP contribution is -2.03. The largest absolute Gasteiger partial charge is 0.278 e. The van der Waals surface area contributed by atoms with Crippen molar-refractivity contribution in [3.63, 3.8) is 0 Å². The van der Waals surface area contributed by atoms with Gasteiger partial charge in [0.1, 0.15) is 0 Å². The minimum Gasteiger partial charge on any atom is -0.278 e. The standard InChI is InChI=1S/C52H33N3/c1-3-12-34(13-4-1)41-26-28-48-47(32-41)51(38-24-22-37(23-25-38)44-21-11-19-36-16-9-10-20-43(36)44)54-52(53-48)55-49-29-27-42(35-14-5-2-6-15-35)31-45(49)46-30-39-17-7-8-18-40(39)33-50(46)55/h1-33H. The van der Waals surface area contributed by atoms with Crippen molar-refractivity contribution >= 4 is 54.3 Å². The number of hydrogen-bond donors (Lipinski definition) is 0. The zero-order valence-electron chi connectivity index (χ0n) is 29.9. The first kappa shape index (κ1) is 31.2. The zero-order chi connectivity index (χ0) is 36.3. The molecule has 0 amide bonds. The van der Waals surface area contributed by atoms with Crippen LogP contribution in [0.4, 0.5) is 0 Å². The van der Waals surface area contributed by atoms with E-state index in [-0.39, 0.29) is 0 Å². The van der Waals surface area contributed by atoms with E-state index in [0.29, 0.717) is 5.95 Å². The molecule has 0 aliphatic carbocycles. The van der Waals surface area contributed by atoms with Gasteiger partial charge in [-0.1, -0.05) is 164 Å². The van der Waals surface area contributed by atoms with Crippen molar-refractivity contribution in [1.82, 2.24) is 14.5 Å². The Hall–Kier alpha value is -7.36. The van der Waals surface area contributed by atoms with E-state index in [2.05, 4.69) is 205 Å². The van der Waals surface area contributed by atoms with Gasteiger partial charge in [0.05, 0.1) is 22.2 Å². The average molecular weight is 700 g/mol. The number of benzene rings is 9. The van der Waals surface area contributed by atoms with E-state index in [1.165, 1.54) is 54.6 Å². The Morgan fingerprint density at radius 2 is 0.873 bits per heavy atom. The molecule has 0 N–H and O–H groups in total. The molecule has 0 atom stereocenters. The zero-order valence-corrected chi connectivity index (χ0v) is 29.9. The molecule has 55 heavy (non-hydrogen) atoms. The molecule has 0 saturated heterocycles. The maximum atomic E-state index is 5.51. The highest BCUT2D eigenvalue weighted by molar-refractivity contribution is 6.14. The maximum Gasteiger partial charge on any atom is 0.235 e. The lowest BCUT2D eigenvalue weighted by Gasteiger charge is -2.14. The predicted octanol–water partition coefficient (Wildman–Crippen LogP) is 13.7. The van der Waals surface area contributed by atoms with Crippen LogP contribution in [-0.2, 0) is 0 Å². The number of fused-ring (bicyclic) bond motifs is 6. The van der Waals surface area contributed by atoms with E-state index in [0.717, 1.165) is 44.3 Å². The van der Waals surface area contributed by atoms with Crippen LogP contribution in [-0.4, -0.2) is 14.5 Å². The van der Waals surface area contributed by atoms with E-state index in [1.807, 2.05) is 0 Å². The summed E-state index contributed by atoms with van der Waals surface area (Å²) in [5.74, 6) is 0.649. The highest BCUT2D eigenvalue weighted by Crippen LogP contribution is 2.39. The van der Waals surface area contributed by atoms with Crippen LogP contribution in [0.3, 0.4) is 0 Å². The molecular weight excluding hydrogens is 667 g/mol. The third kappa shape index (κ3) is 5.28. The second-order valence-electron chi connectivity index (χ2n) is 14.2. The van der Waals surface area contributed by atoms with E-state index in [4.69, 9.17) is 9.97 Å². The lowest BCUT2D eigenvalue weighted by atomic mass is 9.96. The van der Waals surface area contributed by atoms with Crippen molar-refractivity contribution in [1.29, 1.82) is 0 Å². The molecule has 0 aliphatic rings. The number of aromatic nitrogens is 3. The molecule has 9 aromatic carbocycles. The first-order chi connectivity index (χ1) is 27.2. The molecule has 11 aromatic rings. The van der Waals surface area contributed by atoms with Crippen molar-refractivity contribution in [3.05, 3.63) is 200 Å². The molecule has 256 valence electrons. The molecular formula is C52H33N3. The van der Waals surface area contributed by atoms with Crippen LogP contribution in [0.2, 0.25) is 0 Å². The van der Waals surface area contributed by atoms with Crippen LogP contribution < -0.4 is 0 Å². The summed E-state index contributed by atoms with van der Waals surface area (Å²) in [5.41, 5.74) is 12.1. The SMILES string of the molecule is c1ccc(-c2ccc3nc(-n4c5ccc(-c6ccccc6)cc5c5cc6ccccc6cc54)nc(-c4ccc(-c5cccc6ccccc56)cc4)c3c2)cc1. The topological polar surface area (TPSA) is 30.7 Å². The Bertz CT molecular complexity index is 3230. The molecule has 3 nitrogen and oxygen atoms in total. The summed E-state index contributed by atoms with van der Waals surface area (Å²) in [5, 5.41) is 8.23. The summed E-state index contributed by atoms with van der Waals surface area (Å²) in [6, 6.07) is 71.6. The summed E-state index contributed by atoms with van der Waals surface area (Å²) in [7, 11) is 0. The summed E-state index contributed by atoms with van der Waals surface area (Å²) in [4.78, 5) is 10.9. The molecule has 0 radical (unpaired) electrons. The third-order valence-corrected chi connectivity index (χ3v) is 11.0. The molecule has 0 spiro atoms. The van der Waals surface area contributed by atoms with Crippen molar-refractivity contribution in [2.75, 3.05) is 0 Å². The van der Waals surface area contributed by atoms with Gasteiger partial charge in [-0.15, -0.1) is 0 Å². The molecule has 0 unspecified atom stereocenters. The van der Waals surface area contributed by atoms with Gasteiger partial charge in [0.2, 0.25) is 5.95 Å². The Morgan fingerprint density at radius 1 is 0.309 bits per heavy atom. The monoisotopic (exact) mass is 699 g/mol. The van der Waals surface area contributed by atoms with E-state index < -0.39 is 0 Å². The first-order valence-electron chi connectivity index (χ1n) is 18.7. The minimum atomic E-state index is 0.649. The number of hydrogen-bond acceptors (Lipinski definition) is 2. The van der Waals surface area contributed by atoms with Crippen molar-refractivity contribution in [2.24, 2.45) is 0 Å². The normalized spacial score (nSPS) is 11.6. The van der Waals surface area contributed by atoms with Gasteiger partial charge in [-0.25, -0.2) is 9.97 Å². The fraction of sp³-hybridized carbons (Fsp3) is 0.